The van der Waals surface area contributed by atoms with E-state index in [-0.39, 0.29) is 11.1 Å². The quantitative estimate of drug-likeness (QED) is 0.400. The SMILES string of the molecule is CCCCc1ccc(-c2csc(/C(C#N)=C/c3ccccc3C(F)(F)F)n2)cc1. The van der Waals surface area contributed by atoms with Crippen LogP contribution in [-0.4, -0.2) is 4.98 Å². The second kappa shape index (κ2) is 9.06. The van der Waals surface area contributed by atoms with Gasteiger partial charge >= 0.3 is 6.18 Å². The van der Waals surface area contributed by atoms with Crippen molar-refractivity contribution in [2.24, 2.45) is 0 Å². The minimum Gasteiger partial charge on any atom is -0.235 e. The van der Waals surface area contributed by atoms with Crippen molar-refractivity contribution in [1.29, 1.82) is 5.26 Å². The molecule has 1 heterocycles. The number of allylic oxidation sites excluding steroid dienone is 1. The minimum atomic E-state index is -4.48. The van der Waals surface area contributed by atoms with E-state index in [1.807, 2.05) is 23.6 Å². The van der Waals surface area contributed by atoms with Gasteiger partial charge in [-0.25, -0.2) is 4.98 Å². The van der Waals surface area contributed by atoms with Crippen LogP contribution in [0.2, 0.25) is 0 Å². The molecule has 29 heavy (non-hydrogen) atoms. The molecule has 0 saturated carbocycles. The van der Waals surface area contributed by atoms with Crippen LogP contribution < -0.4 is 0 Å². The van der Waals surface area contributed by atoms with Gasteiger partial charge in [0.25, 0.3) is 0 Å². The summed E-state index contributed by atoms with van der Waals surface area (Å²) in [7, 11) is 0. The van der Waals surface area contributed by atoms with Crippen LogP contribution in [0.15, 0.2) is 53.9 Å². The Bertz CT molecular complexity index is 1040. The maximum absolute atomic E-state index is 13.2. The lowest BCUT2D eigenvalue weighted by atomic mass is 10.0. The molecule has 0 aliphatic rings. The molecule has 0 bridgehead atoms. The second-order valence-electron chi connectivity index (χ2n) is 6.59. The van der Waals surface area contributed by atoms with Crippen LogP contribution >= 0.6 is 11.3 Å². The van der Waals surface area contributed by atoms with Gasteiger partial charge in [-0.05, 0) is 36.1 Å². The van der Waals surface area contributed by atoms with Crippen molar-refractivity contribution >= 4 is 23.0 Å². The number of unbranched alkanes of at least 4 members (excludes halogenated alkanes) is 1. The van der Waals surface area contributed by atoms with Gasteiger partial charge < -0.3 is 0 Å². The molecule has 0 radical (unpaired) electrons. The molecule has 2 nitrogen and oxygen atoms in total. The number of aromatic nitrogens is 1. The molecule has 3 aromatic rings. The predicted octanol–water partition coefficient (Wildman–Crippen LogP) is 7.24. The molecular weight excluding hydrogens is 393 g/mol. The van der Waals surface area contributed by atoms with Crippen molar-refractivity contribution < 1.29 is 13.2 Å². The first-order chi connectivity index (χ1) is 13.9. The molecule has 0 aliphatic heterocycles. The zero-order chi connectivity index (χ0) is 20.9. The number of benzene rings is 2. The van der Waals surface area contributed by atoms with Crippen LogP contribution in [0.1, 0.15) is 41.5 Å². The third-order valence-corrected chi connectivity index (χ3v) is 5.37. The molecule has 0 atom stereocenters. The fourth-order valence-corrected chi connectivity index (χ4v) is 3.73. The Morgan fingerprint density at radius 1 is 1.14 bits per heavy atom. The Kier molecular flexibility index (Phi) is 6.50. The number of hydrogen-bond donors (Lipinski definition) is 0. The highest BCUT2D eigenvalue weighted by molar-refractivity contribution is 7.11. The molecule has 0 unspecified atom stereocenters. The summed E-state index contributed by atoms with van der Waals surface area (Å²) in [5.74, 6) is 0. The zero-order valence-corrected chi connectivity index (χ0v) is 16.6. The predicted molar refractivity (Wildman–Crippen MR) is 111 cm³/mol. The summed E-state index contributed by atoms with van der Waals surface area (Å²) in [6, 6.07) is 15.3. The Morgan fingerprint density at radius 2 is 1.86 bits per heavy atom. The van der Waals surface area contributed by atoms with Crippen molar-refractivity contribution in [3.8, 4) is 17.3 Å². The van der Waals surface area contributed by atoms with E-state index in [0.29, 0.717) is 10.7 Å². The van der Waals surface area contributed by atoms with Crippen LogP contribution in [0.3, 0.4) is 0 Å². The molecule has 148 valence electrons. The summed E-state index contributed by atoms with van der Waals surface area (Å²) in [6.07, 6.45) is 0.0629. The molecule has 1 aromatic heterocycles. The number of nitrogens with zero attached hydrogens (tertiary/aromatic N) is 2. The van der Waals surface area contributed by atoms with Gasteiger partial charge in [0, 0.05) is 10.9 Å². The number of aryl methyl sites for hydroxylation is 1. The fraction of sp³-hybridized carbons (Fsp3) is 0.217. The Morgan fingerprint density at radius 3 is 2.52 bits per heavy atom. The number of thiazole rings is 1. The van der Waals surface area contributed by atoms with Crippen molar-refractivity contribution in [3.63, 3.8) is 0 Å². The van der Waals surface area contributed by atoms with E-state index in [4.69, 9.17) is 0 Å². The Balaban J connectivity index is 1.89. The summed E-state index contributed by atoms with van der Waals surface area (Å²) >= 11 is 1.24. The van der Waals surface area contributed by atoms with Gasteiger partial charge in [-0.15, -0.1) is 11.3 Å². The molecule has 0 amide bonds. The molecule has 2 aromatic carbocycles. The molecule has 3 rings (SSSR count). The number of halogens is 3. The molecule has 6 heteroatoms. The molecule has 0 spiro atoms. The minimum absolute atomic E-state index is 0.0476. The highest BCUT2D eigenvalue weighted by Gasteiger charge is 2.32. The number of hydrogen-bond acceptors (Lipinski definition) is 3. The van der Waals surface area contributed by atoms with Gasteiger partial charge in [0.05, 0.1) is 16.8 Å². The average Bonchev–Trinajstić information content (AvgIpc) is 3.20. The van der Waals surface area contributed by atoms with Crippen LogP contribution in [-0.2, 0) is 12.6 Å². The van der Waals surface area contributed by atoms with Crippen molar-refractivity contribution in [2.75, 3.05) is 0 Å². The average molecular weight is 412 g/mol. The third-order valence-electron chi connectivity index (χ3n) is 4.49. The van der Waals surface area contributed by atoms with Crippen molar-refractivity contribution in [1.82, 2.24) is 4.98 Å². The fourth-order valence-electron chi connectivity index (χ4n) is 2.93. The zero-order valence-electron chi connectivity index (χ0n) is 15.8. The van der Waals surface area contributed by atoms with Gasteiger partial charge in [0.1, 0.15) is 11.1 Å². The van der Waals surface area contributed by atoms with Crippen LogP contribution in [0.5, 0.6) is 0 Å². The first-order valence-electron chi connectivity index (χ1n) is 9.25. The van der Waals surface area contributed by atoms with E-state index in [2.05, 4.69) is 24.0 Å². The lowest BCUT2D eigenvalue weighted by molar-refractivity contribution is -0.137. The maximum Gasteiger partial charge on any atom is 0.416 e. The van der Waals surface area contributed by atoms with Crippen LogP contribution in [0.4, 0.5) is 13.2 Å². The Hall–Kier alpha value is -2.91. The van der Waals surface area contributed by atoms with Crippen LogP contribution in [0, 0.1) is 11.3 Å². The first-order valence-corrected chi connectivity index (χ1v) is 10.1. The molecule has 0 N–H and O–H groups in total. The molecule has 0 saturated heterocycles. The van der Waals surface area contributed by atoms with Gasteiger partial charge in [-0.3, -0.25) is 0 Å². The van der Waals surface area contributed by atoms with E-state index < -0.39 is 11.7 Å². The second-order valence-corrected chi connectivity index (χ2v) is 7.45. The van der Waals surface area contributed by atoms with E-state index in [9.17, 15) is 18.4 Å². The largest absolute Gasteiger partial charge is 0.416 e. The van der Waals surface area contributed by atoms with Gasteiger partial charge in [-0.1, -0.05) is 55.8 Å². The number of alkyl halides is 3. The summed E-state index contributed by atoms with van der Waals surface area (Å²) in [6.45, 7) is 2.15. The lowest BCUT2D eigenvalue weighted by Crippen LogP contribution is -2.07. The monoisotopic (exact) mass is 412 g/mol. The third kappa shape index (κ3) is 5.12. The van der Waals surface area contributed by atoms with Crippen molar-refractivity contribution in [3.05, 3.63) is 75.6 Å². The van der Waals surface area contributed by atoms with Gasteiger partial charge in [0.15, 0.2) is 0 Å². The lowest BCUT2D eigenvalue weighted by Gasteiger charge is -2.09. The topological polar surface area (TPSA) is 36.7 Å². The number of nitriles is 1. The Labute approximate surface area is 172 Å². The van der Waals surface area contributed by atoms with Crippen molar-refractivity contribution in [2.45, 2.75) is 32.4 Å². The van der Waals surface area contributed by atoms with Gasteiger partial charge in [-0.2, -0.15) is 18.4 Å². The highest BCUT2D eigenvalue weighted by atomic mass is 32.1. The molecular formula is C23H19F3N2S. The number of rotatable bonds is 6. The maximum atomic E-state index is 13.2. The highest BCUT2D eigenvalue weighted by Crippen LogP contribution is 2.34. The summed E-state index contributed by atoms with van der Waals surface area (Å²) in [5.41, 5.74) is 2.17. The van der Waals surface area contributed by atoms with Crippen LogP contribution in [0.25, 0.3) is 22.9 Å². The standard InChI is InChI=1S/C23H19F3N2S/c1-2-3-6-16-9-11-17(12-10-16)21-15-29-22(28-21)19(14-27)13-18-7-4-5-8-20(18)23(24,25)26/h4-5,7-13,15H,2-3,6H2,1H3/b19-13+. The normalized spacial score (nSPS) is 12.0. The first kappa shape index (κ1) is 20.8. The van der Waals surface area contributed by atoms with Gasteiger partial charge in [0.2, 0.25) is 0 Å². The summed E-state index contributed by atoms with van der Waals surface area (Å²) < 4.78 is 39.6. The molecule has 0 aliphatic carbocycles. The summed E-state index contributed by atoms with van der Waals surface area (Å²) in [5, 5.41) is 11.7. The van der Waals surface area contributed by atoms with E-state index in [1.54, 1.807) is 0 Å². The van der Waals surface area contributed by atoms with E-state index >= 15 is 0 Å². The summed E-state index contributed by atoms with van der Waals surface area (Å²) in [4.78, 5) is 4.48. The van der Waals surface area contributed by atoms with E-state index in [1.165, 1.54) is 41.2 Å². The molecule has 0 fully saturated rings. The smallest absolute Gasteiger partial charge is 0.235 e. The van der Waals surface area contributed by atoms with E-state index in [0.717, 1.165) is 30.9 Å².